The summed E-state index contributed by atoms with van der Waals surface area (Å²) in [5, 5.41) is 1.85. The number of Topliss-reactive ketones (excluding diaryl/α,β-unsaturated/α-hetero) is 2. The van der Waals surface area contributed by atoms with E-state index in [9.17, 15) is 36.3 Å². The van der Waals surface area contributed by atoms with Gasteiger partial charge in [-0.1, -0.05) is 13.8 Å². The molecule has 0 bridgehead atoms. The predicted octanol–water partition coefficient (Wildman–Crippen LogP) is 2.87. The van der Waals surface area contributed by atoms with Crippen molar-refractivity contribution in [2.24, 2.45) is 5.92 Å². The fraction of sp³-hybridized carbons (Fsp3) is 0.769. The van der Waals surface area contributed by atoms with Gasteiger partial charge >= 0.3 is 18.2 Å². The van der Waals surface area contributed by atoms with E-state index in [0.717, 1.165) is 0 Å². The van der Waals surface area contributed by atoms with Gasteiger partial charge in [-0.3, -0.25) is 9.59 Å². The Morgan fingerprint density at radius 2 is 1.39 bits per heavy atom. The highest BCUT2D eigenvalue weighted by Gasteiger charge is 2.65. The van der Waals surface area contributed by atoms with Gasteiger partial charge in [0.25, 0.3) is 5.78 Å². The lowest BCUT2D eigenvalue weighted by Gasteiger charge is -2.26. The molecule has 1 amide bonds. The van der Waals surface area contributed by atoms with Crippen LogP contribution < -0.4 is 5.32 Å². The lowest BCUT2D eigenvalue weighted by atomic mass is 9.95. The summed E-state index contributed by atoms with van der Waals surface area (Å²) in [6.45, 7) is 6.95. The molecule has 0 aromatic carbocycles. The van der Waals surface area contributed by atoms with Crippen LogP contribution in [0.5, 0.6) is 0 Å². The van der Waals surface area contributed by atoms with E-state index in [1.54, 1.807) is 0 Å². The average Bonchev–Trinajstić information content (AvgIpc) is 2.30. The molecule has 134 valence electrons. The van der Waals surface area contributed by atoms with Crippen molar-refractivity contribution in [2.75, 3.05) is 0 Å². The molecule has 0 aromatic heterocycles. The second-order valence-electron chi connectivity index (χ2n) is 6.13. The fourth-order valence-electron chi connectivity index (χ4n) is 1.39. The van der Waals surface area contributed by atoms with Crippen molar-refractivity contribution in [3.05, 3.63) is 0 Å². The van der Waals surface area contributed by atoms with Crippen molar-refractivity contribution >= 4 is 17.7 Å². The monoisotopic (exact) mass is 347 g/mol. The van der Waals surface area contributed by atoms with Crippen molar-refractivity contribution in [1.82, 2.24) is 5.32 Å². The number of alkyl halides is 5. The smallest absolute Gasteiger partial charge is 0.444 e. The molecule has 0 aliphatic heterocycles. The molecule has 10 heteroatoms. The molecule has 0 aromatic rings. The lowest BCUT2D eigenvalue weighted by Crippen LogP contribution is -2.55. The second-order valence-corrected chi connectivity index (χ2v) is 6.13. The first-order valence-corrected chi connectivity index (χ1v) is 6.53. The largest absolute Gasteiger partial charge is 0.461 e. The number of amides is 1. The molecule has 0 saturated carbocycles. The maximum Gasteiger partial charge on any atom is 0.461 e. The normalized spacial score (nSPS) is 14.4. The van der Waals surface area contributed by atoms with E-state index in [1.165, 1.54) is 34.6 Å². The Kier molecular flexibility index (Phi) is 6.28. The Morgan fingerprint density at radius 3 is 1.70 bits per heavy atom. The van der Waals surface area contributed by atoms with Crippen LogP contribution in [-0.4, -0.2) is 41.4 Å². The van der Waals surface area contributed by atoms with Crippen LogP contribution in [0.25, 0.3) is 0 Å². The Hall–Kier alpha value is -1.74. The minimum Gasteiger partial charge on any atom is -0.444 e. The zero-order valence-corrected chi connectivity index (χ0v) is 13.2. The fourth-order valence-corrected chi connectivity index (χ4v) is 1.39. The summed E-state index contributed by atoms with van der Waals surface area (Å²) in [5.74, 6) is -11.7. The number of ether oxygens (including phenoxy) is 1. The summed E-state index contributed by atoms with van der Waals surface area (Å²) in [6, 6.07) is -1.87. The number of hydrogen-bond acceptors (Lipinski definition) is 4. The van der Waals surface area contributed by atoms with Gasteiger partial charge in [0.2, 0.25) is 5.78 Å². The first-order valence-electron chi connectivity index (χ1n) is 6.53. The Bertz CT molecular complexity index is 480. The zero-order chi connectivity index (χ0) is 18.8. The van der Waals surface area contributed by atoms with Crippen LogP contribution in [0.3, 0.4) is 0 Å². The van der Waals surface area contributed by atoms with Crippen LogP contribution >= 0.6 is 0 Å². The standard InChI is InChI=1S/C13H18F5NO4/c1-6(2)7(19-10(22)23-11(3,4)5)8(20)9(21)12(14,15)13(16,17)18/h6-7H,1-5H3,(H,19,22)/t7-/m0/s1. The lowest BCUT2D eigenvalue weighted by molar-refractivity contribution is -0.267. The second kappa shape index (κ2) is 6.79. The van der Waals surface area contributed by atoms with Gasteiger partial charge in [-0.05, 0) is 26.7 Å². The molecule has 0 aliphatic rings. The molecule has 0 unspecified atom stereocenters. The molecular weight excluding hydrogens is 329 g/mol. The number of ketones is 2. The number of alkyl carbamates (subject to hydrolysis) is 1. The van der Waals surface area contributed by atoms with Gasteiger partial charge in [-0.25, -0.2) is 4.79 Å². The minimum atomic E-state index is -6.20. The minimum absolute atomic E-state index is 0.914. The molecule has 0 saturated heterocycles. The summed E-state index contributed by atoms with van der Waals surface area (Å²) in [5.41, 5.74) is -0.991. The van der Waals surface area contributed by atoms with E-state index in [0.29, 0.717) is 0 Å². The topological polar surface area (TPSA) is 72.5 Å². The maximum absolute atomic E-state index is 13.0. The van der Waals surface area contributed by atoms with Crippen molar-refractivity contribution in [3.63, 3.8) is 0 Å². The van der Waals surface area contributed by atoms with Crippen LogP contribution in [0.2, 0.25) is 0 Å². The Labute approximate surface area is 129 Å². The van der Waals surface area contributed by atoms with Crippen LogP contribution in [0.1, 0.15) is 34.6 Å². The van der Waals surface area contributed by atoms with Crippen LogP contribution in [-0.2, 0) is 14.3 Å². The summed E-state index contributed by atoms with van der Waals surface area (Å²) < 4.78 is 67.2. The van der Waals surface area contributed by atoms with Gasteiger partial charge < -0.3 is 10.1 Å². The maximum atomic E-state index is 13.0. The summed E-state index contributed by atoms with van der Waals surface area (Å²) in [6.07, 6.45) is -7.42. The van der Waals surface area contributed by atoms with E-state index < -0.39 is 47.3 Å². The quantitative estimate of drug-likeness (QED) is 0.613. The molecule has 0 heterocycles. The third kappa shape index (κ3) is 5.76. The van der Waals surface area contributed by atoms with Gasteiger partial charge in [0.15, 0.2) is 0 Å². The number of nitrogens with one attached hydrogen (secondary N) is 1. The SMILES string of the molecule is CC(C)[C@H](NC(=O)OC(C)(C)C)C(=O)C(=O)C(F)(F)C(F)(F)F. The van der Waals surface area contributed by atoms with Gasteiger partial charge in [0.05, 0.1) is 0 Å². The number of rotatable bonds is 5. The number of carbonyl (C=O) groups is 3. The highest BCUT2D eigenvalue weighted by molar-refractivity contribution is 6.42. The predicted molar refractivity (Wildman–Crippen MR) is 69.0 cm³/mol. The van der Waals surface area contributed by atoms with Crippen LogP contribution in [0.4, 0.5) is 26.7 Å². The van der Waals surface area contributed by atoms with Crippen molar-refractivity contribution in [1.29, 1.82) is 0 Å². The van der Waals surface area contributed by atoms with Gasteiger partial charge in [0, 0.05) is 0 Å². The number of halogens is 5. The zero-order valence-electron chi connectivity index (χ0n) is 13.2. The number of carbonyl (C=O) groups excluding carboxylic acids is 3. The van der Waals surface area contributed by atoms with Gasteiger partial charge in [-0.2, -0.15) is 22.0 Å². The highest BCUT2D eigenvalue weighted by atomic mass is 19.4. The van der Waals surface area contributed by atoms with Gasteiger partial charge in [0.1, 0.15) is 11.6 Å². The van der Waals surface area contributed by atoms with Crippen molar-refractivity contribution in [3.8, 4) is 0 Å². The van der Waals surface area contributed by atoms with E-state index in [1.807, 2.05) is 5.32 Å². The third-order valence-corrected chi connectivity index (χ3v) is 2.49. The van der Waals surface area contributed by atoms with E-state index in [4.69, 9.17) is 4.74 Å². The molecule has 0 aliphatic carbocycles. The van der Waals surface area contributed by atoms with Crippen LogP contribution in [0, 0.1) is 5.92 Å². The first kappa shape index (κ1) is 21.3. The van der Waals surface area contributed by atoms with Crippen LogP contribution in [0.15, 0.2) is 0 Å². The average molecular weight is 347 g/mol. The highest BCUT2D eigenvalue weighted by Crippen LogP contribution is 2.36. The van der Waals surface area contributed by atoms with E-state index >= 15 is 0 Å². The molecule has 0 rings (SSSR count). The van der Waals surface area contributed by atoms with E-state index in [2.05, 4.69) is 0 Å². The number of hydrogen-bond donors (Lipinski definition) is 1. The summed E-state index contributed by atoms with van der Waals surface area (Å²) in [4.78, 5) is 34.4. The molecule has 23 heavy (non-hydrogen) atoms. The molecule has 1 atom stereocenters. The molecule has 1 N–H and O–H groups in total. The summed E-state index contributed by atoms with van der Waals surface area (Å²) in [7, 11) is 0. The Morgan fingerprint density at radius 1 is 0.957 bits per heavy atom. The first-order chi connectivity index (χ1) is 10.0. The van der Waals surface area contributed by atoms with E-state index in [-0.39, 0.29) is 0 Å². The van der Waals surface area contributed by atoms with Gasteiger partial charge in [-0.15, -0.1) is 0 Å². The molecule has 0 fully saturated rings. The Balaban J connectivity index is 5.30. The third-order valence-electron chi connectivity index (χ3n) is 2.49. The molecular formula is C13H18F5NO4. The molecule has 0 radical (unpaired) electrons. The molecule has 0 spiro atoms. The van der Waals surface area contributed by atoms with Crippen molar-refractivity contribution < 1.29 is 41.1 Å². The summed E-state index contributed by atoms with van der Waals surface area (Å²) >= 11 is 0. The molecule has 5 nitrogen and oxygen atoms in total. The van der Waals surface area contributed by atoms with Crippen molar-refractivity contribution in [2.45, 2.75) is 58.4 Å².